The minimum Gasteiger partial charge on any atom is -0.338 e. The van der Waals surface area contributed by atoms with Crippen molar-refractivity contribution in [1.82, 2.24) is 14.7 Å². The Morgan fingerprint density at radius 3 is 2.78 bits per heavy atom. The van der Waals surface area contributed by atoms with Crippen LogP contribution >= 0.6 is 35.3 Å². The first-order valence-electron chi connectivity index (χ1n) is 9.33. The van der Waals surface area contributed by atoms with Crippen LogP contribution in [0.25, 0.3) is 5.69 Å². The van der Waals surface area contributed by atoms with Gasteiger partial charge in [0.1, 0.15) is 0 Å². The van der Waals surface area contributed by atoms with Crippen molar-refractivity contribution in [2.45, 2.75) is 50.4 Å². The van der Waals surface area contributed by atoms with E-state index in [9.17, 15) is 4.79 Å². The Balaban J connectivity index is 1.43. The highest BCUT2D eigenvalue weighted by molar-refractivity contribution is 8.01. The van der Waals surface area contributed by atoms with Gasteiger partial charge in [-0.05, 0) is 54.4 Å². The van der Waals surface area contributed by atoms with E-state index in [1.54, 1.807) is 4.68 Å². The number of carbonyl (C=O) groups is 1. The van der Waals surface area contributed by atoms with Crippen molar-refractivity contribution < 1.29 is 4.79 Å². The maximum Gasteiger partial charge on any atom is 0.233 e. The Morgan fingerprint density at radius 2 is 2.04 bits per heavy atom. The van der Waals surface area contributed by atoms with Crippen LogP contribution < -0.4 is 0 Å². The van der Waals surface area contributed by atoms with Gasteiger partial charge >= 0.3 is 0 Å². The molecule has 4 rings (SSSR count). The predicted molar refractivity (Wildman–Crippen MR) is 114 cm³/mol. The average molecular weight is 420 g/mol. The highest BCUT2D eigenvalue weighted by atomic mass is 32.2. The molecule has 0 N–H and O–H groups in total. The highest BCUT2D eigenvalue weighted by Gasteiger charge is 2.50. The number of amides is 1. The Bertz CT molecular complexity index is 905. The first kappa shape index (κ1) is 19.2. The van der Waals surface area contributed by atoms with Crippen molar-refractivity contribution in [2.75, 3.05) is 12.3 Å². The molecule has 0 spiro atoms. The highest BCUT2D eigenvalue weighted by Crippen LogP contribution is 2.52. The minimum absolute atomic E-state index is 0.235. The molecule has 1 aliphatic heterocycles. The fourth-order valence-electron chi connectivity index (χ4n) is 5.01. The van der Waals surface area contributed by atoms with Crippen molar-refractivity contribution in [3.63, 3.8) is 0 Å². The first-order valence-corrected chi connectivity index (χ1v) is 11.5. The standard InChI is InChI=1S/C20H25N3OS3/c1-19(2)9-15-10-20(3,12-19)13-22(15)16(24)11-26-17-21-23(18(25)27-17)14-7-5-4-6-8-14/h4-8,15H,9-13H2,1-3H3/t15-,20-/m0/s1. The zero-order valence-electron chi connectivity index (χ0n) is 16.0. The normalized spacial score (nSPS) is 26.3. The summed E-state index contributed by atoms with van der Waals surface area (Å²) in [6, 6.07) is 10.3. The van der Waals surface area contributed by atoms with Gasteiger partial charge in [-0.15, -0.1) is 5.10 Å². The fraction of sp³-hybridized carbons (Fsp3) is 0.550. The van der Waals surface area contributed by atoms with Gasteiger partial charge in [-0.2, -0.15) is 0 Å². The number of hydrogen-bond donors (Lipinski definition) is 0. The SMILES string of the molecule is CC1(C)C[C@H]2C[C@](C)(CN2C(=O)CSc2nn(-c3ccccc3)c(=S)s2)C1. The number of hydrogen-bond acceptors (Lipinski definition) is 5. The third kappa shape index (κ3) is 4.00. The molecule has 1 saturated heterocycles. The van der Waals surface area contributed by atoms with Gasteiger partial charge in [0.2, 0.25) is 5.91 Å². The predicted octanol–water partition coefficient (Wildman–Crippen LogP) is 5.18. The lowest BCUT2D eigenvalue weighted by Gasteiger charge is -2.39. The van der Waals surface area contributed by atoms with E-state index in [2.05, 4.69) is 30.8 Å². The third-order valence-electron chi connectivity index (χ3n) is 5.58. The number of thioether (sulfide) groups is 1. The van der Waals surface area contributed by atoms with Crippen LogP contribution in [0.2, 0.25) is 0 Å². The summed E-state index contributed by atoms with van der Waals surface area (Å²) in [4.78, 5) is 15.1. The molecule has 2 fully saturated rings. The molecule has 2 aliphatic rings. The van der Waals surface area contributed by atoms with Crippen LogP contribution in [0, 0.1) is 14.8 Å². The minimum atomic E-state index is 0.235. The number of para-hydroxylation sites is 1. The zero-order chi connectivity index (χ0) is 19.2. The number of aromatic nitrogens is 2. The number of benzene rings is 1. The summed E-state index contributed by atoms with van der Waals surface area (Å²) in [6.45, 7) is 7.91. The summed E-state index contributed by atoms with van der Waals surface area (Å²) in [5, 5.41) is 4.61. The van der Waals surface area contributed by atoms with Crippen LogP contribution in [0.1, 0.15) is 40.0 Å². The molecule has 4 nitrogen and oxygen atoms in total. The van der Waals surface area contributed by atoms with Crippen molar-refractivity contribution >= 4 is 41.2 Å². The number of fused-ring (bicyclic) bond motifs is 2. The molecule has 7 heteroatoms. The molecule has 2 aromatic rings. The number of likely N-dealkylation sites (tertiary alicyclic amines) is 1. The Kier molecular flexibility index (Phi) is 4.97. The maximum atomic E-state index is 12.9. The molecule has 144 valence electrons. The zero-order valence-corrected chi connectivity index (χ0v) is 18.4. The van der Waals surface area contributed by atoms with E-state index in [0.29, 0.717) is 21.2 Å². The Morgan fingerprint density at radius 1 is 1.30 bits per heavy atom. The van der Waals surface area contributed by atoms with E-state index in [0.717, 1.165) is 29.4 Å². The van der Waals surface area contributed by atoms with Crippen LogP contribution in [0.3, 0.4) is 0 Å². The van der Waals surface area contributed by atoms with E-state index >= 15 is 0 Å². The van der Waals surface area contributed by atoms with Gasteiger partial charge in [0.05, 0.1) is 11.4 Å². The topological polar surface area (TPSA) is 38.1 Å². The summed E-state index contributed by atoms with van der Waals surface area (Å²) < 4.78 is 3.34. The molecular weight excluding hydrogens is 394 g/mol. The molecule has 2 bridgehead atoms. The summed E-state index contributed by atoms with van der Waals surface area (Å²) in [5.41, 5.74) is 1.56. The lowest BCUT2D eigenvalue weighted by atomic mass is 9.65. The molecule has 0 unspecified atom stereocenters. The summed E-state index contributed by atoms with van der Waals surface area (Å²) >= 11 is 8.43. The van der Waals surface area contributed by atoms with Crippen LogP contribution in [-0.4, -0.2) is 38.9 Å². The van der Waals surface area contributed by atoms with Crippen molar-refractivity contribution in [1.29, 1.82) is 0 Å². The van der Waals surface area contributed by atoms with Crippen molar-refractivity contribution in [3.8, 4) is 5.69 Å². The molecule has 1 aromatic heterocycles. The average Bonchev–Trinajstić information content (AvgIpc) is 3.09. The fourth-order valence-corrected chi connectivity index (χ4v) is 7.26. The van der Waals surface area contributed by atoms with E-state index in [1.165, 1.54) is 29.5 Å². The second-order valence-electron chi connectivity index (χ2n) is 8.91. The van der Waals surface area contributed by atoms with Gasteiger partial charge in [-0.3, -0.25) is 4.79 Å². The third-order valence-corrected chi connectivity index (χ3v) is 7.93. The smallest absolute Gasteiger partial charge is 0.233 e. The van der Waals surface area contributed by atoms with Gasteiger partial charge in [-0.25, -0.2) is 4.68 Å². The monoisotopic (exact) mass is 419 g/mol. The number of carbonyl (C=O) groups excluding carboxylic acids is 1. The van der Waals surface area contributed by atoms with Gasteiger partial charge in [-0.1, -0.05) is 62.1 Å². The Labute approximate surface area is 174 Å². The van der Waals surface area contributed by atoms with Gasteiger partial charge in [0.15, 0.2) is 8.29 Å². The largest absolute Gasteiger partial charge is 0.338 e. The number of nitrogens with zero attached hydrogens (tertiary/aromatic N) is 3. The van der Waals surface area contributed by atoms with Crippen LogP contribution in [0.15, 0.2) is 34.7 Å². The molecule has 0 radical (unpaired) electrons. The van der Waals surface area contributed by atoms with E-state index in [-0.39, 0.29) is 11.3 Å². The lowest BCUT2D eigenvalue weighted by molar-refractivity contribution is -0.129. The van der Waals surface area contributed by atoms with Crippen LogP contribution in [-0.2, 0) is 4.79 Å². The molecule has 1 aromatic carbocycles. The van der Waals surface area contributed by atoms with E-state index < -0.39 is 0 Å². The number of rotatable bonds is 4. The molecule has 1 aliphatic carbocycles. The quantitative estimate of drug-likeness (QED) is 0.505. The maximum absolute atomic E-state index is 12.9. The van der Waals surface area contributed by atoms with Gasteiger partial charge in [0.25, 0.3) is 0 Å². The second kappa shape index (κ2) is 7.01. The summed E-state index contributed by atoms with van der Waals surface area (Å²) in [6.07, 6.45) is 3.46. The summed E-state index contributed by atoms with van der Waals surface area (Å²) in [5.74, 6) is 0.670. The van der Waals surface area contributed by atoms with Crippen molar-refractivity contribution in [2.24, 2.45) is 10.8 Å². The van der Waals surface area contributed by atoms with Crippen LogP contribution in [0.5, 0.6) is 0 Å². The molecule has 1 saturated carbocycles. The van der Waals surface area contributed by atoms with E-state index in [4.69, 9.17) is 12.2 Å². The van der Waals surface area contributed by atoms with Crippen molar-refractivity contribution in [3.05, 3.63) is 34.3 Å². The van der Waals surface area contributed by atoms with E-state index in [1.807, 2.05) is 30.3 Å². The molecule has 1 amide bonds. The second-order valence-corrected chi connectivity index (χ2v) is 11.8. The molecule has 2 atom stereocenters. The van der Waals surface area contributed by atoms with Gasteiger partial charge < -0.3 is 4.90 Å². The van der Waals surface area contributed by atoms with Gasteiger partial charge in [0, 0.05) is 12.6 Å². The molecular formula is C20H25N3OS3. The lowest BCUT2D eigenvalue weighted by Crippen LogP contribution is -2.38. The van der Waals surface area contributed by atoms with Crippen LogP contribution in [0.4, 0.5) is 0 Å². The summed E-state index contributed by atoms with van der Waals surface area (Å²) in [7, 11) is 0. The molecule has 2 heterocycles. The first-order chi connectivity index (χ1) is 12.7. The Hall–Kier alpha value is -1.18. The molecule has 27 heavy (non-hydrogen) atoms.